The topological polar surface area (TPSA) is 69.6 Å². The highest BCUT2D eigenvalue weighted by Crippen LogP contribution is 2.31. The molecule has 2 amide bonds. The van der Waals surface area contributed by atoms with Crippen LogP contribution >= 0.6 is 0 Å². The van der Waals surface area contributed by atoms with E-state index < -0.39 is 5.97 Å². The highest BCUT2D eigenvalue weighted by atomic mass is 16.4. The Morgan fingerprint density at radius 3 is 2.55 bits per heavy atom. The van der Waals surface area contributed by atoms with Gasteiger partial charge in [0, 0.05) is 19.1 Å². The molecule has 1 saturated heterocycles. The number of amides is 2. The lowest BCUT2D eigenvalue weighted by molar-refractivity contribution is -0.136. The molecule has 0 aromatic carbocycles. The fourth-order valence-electron chi connectivity index (χ4n) is 3.53. The summed E-state index contributed by atoms with van der Waals surface area (Å²) in [6.07, 6.45) is 9.95. The lowest BCUT2D eigenvalue weighted by Gasteiger charge is -2.30. The summed E-state index contributed by atoms with van der Waals surface area (Å²) >= 11 is 0. The van der Waals surface area contributed by atoms with Crippen LogP contribution in [0, 0.1) is 5.92 Å². The van der Waals surface area contributed by atoms with E-state index in [4.69, 9.17) is 5.11 Å². The predicted molar refractivity (Wildman–Crippen MR) is 76.6 cm³/mol. The molecule has 0 aromatic rings. The summed E-state index contributed by atoms with van der Waals surface area (Å²) in [6.45, 7) is 1.04. The van der Waals surface area contributed by atoms with E-state index in [1.165, 1.54) is 32.1 Å². The zero-order chi connectivity index (χ0) is 14.4. The summed E-state index contributed by atoms with van der Waals surface area (Å²) in [5.41, 5.74) is 0. The van der Waals surface area contributed by atoms with Crippen LogP contribution < -0.4 is 5.32 Å². The number of carboxylic acids is 1. The molecule has 1 unspecified atom stereocenters. The molecule has 114 valence electrons. The molecule has 1 aliphatic carbocycles. The molecule has 1 heterocycles. The van der Waals surface area contributed by atoms with Crippen molar-refractivity contribution in [1.29, 1.82) is 0 Å². The van der Waals surface area contributed by atoms with Gasteiger partial charge in [-0.3, -0.25) is 4.79 Å². The highest BCUT2D eigenvalue weighted by Gasteiger charge is 2.30. The second-order valence-electron chi connectivity index (χ2n) is 6.10. The number of carboxylic acid groups (broad SMARTS) is 1. The number of hydrogen-bond donors (Lipinski definition) is 2. The summed E-state index contributed by atoms with van der Waals surface area (Å²) in [4.78, 5) is 24.5. The van der Waals surface area contributed by atoms with Crippen LogP contribution in [0.25, 0.3) is 0 Å². The lowest BCUT2D eigenvalue weighted by Crippen LogP contribution is -2.44. The van der Waals surface area contributed by atoms with Gasteiger partial charge in [-0.05, 0) is 25.2 Å². The number of carbonyl (C=O) groups excluding carboxylic acids is 1. The van der Waals surface area contributed by atoms with Gasteiger partial charge in [0.15, 0.2) is 0 Å². The van der Waals surface area contributed by atoms with E-state index in [1.807, 2.05) is 4.90 Å². The molecule has 0 aromatic heterocycles. The zero-order valence-corrected chi connectivity index (χ0v) is 12.1. The van der Waals surface area contributed by atoms with Crippen LogP contribution in [-0.4, -0.2) is 41.1 Å². The molecule has 20 heavy (non-hydrogen) atoms. The first-order chi connectivity index (χ1) is 9.66. The summed E-state index contributed by atoms with van der Waals surface area (Å²) in [6, 6.07) is 0.285. The quantitative estimate of drug-likeness (QED) is 0.814. The number of rotatable bonds is 5. The molecule has 0 radical (unpaired) electrons. The molecule has 5 heteroatoms. The molecule has 1 atom stereocenters. The second kappa shape index (κ2) is 7.50. The number of urea groups is 1. The molecule has 2 N–H and O–H groups in total. The van der Waals surface area contributed by atoms with Crippen LogP contribution in [0.5, 0.6) is 0 Å². The second-order valence-corrected chi connectivity index (χ2v) is 6.10. The number of nitrogens with one attached hydrogen (secondary N) is 1. The molecular formula is C15H26N2O3. The van der Waals surface area contributed by atoms with E-state index in [9.17, 15) is 9.59 Å². The first-order valence-electron chi connectivity index (χ1n) is 7.93. The number of likely N-dealkylation sites (tertiary alicyclic amines) is 1. The third-order valence-electron chi connectivity index (χ3n) is 4.58. The molecule has 2 rings (SSSR count). The van der Waals surface area contributed by atoms with Crippen molar-refractivity contribution in [1.82, 2.24) is 10.2 Å². The van der Waals surface area contributed by atoms with Crippen LogP contribution in [0.4, 0.5) is 4.79 Å². The van der Waals surface area contributed by atoms with Gasteiger partial charge in [0.2, 0.25) is 0 Å². The average molecular weight is 282 g/mol. The summed E-state index contributed by atoms with van der Waals surface area (Å²) in [5.74, 6) is -0.0911. The normalized spacial score (nSPS) is 23.8. The molecule has 5 nitrogen and oxygen atoms in total. The minimum atomic E-state index is -0.870. The number of hydrogen-bond acceptors (Lipinski definition) is 2. The minimum Gasteiger partial charge on any atom is -0.481 e. The van der Waals surface area contributed by atoms with Gasteiger partial charge >= 0.3 is 12.0 Å². The van der Waals surface area contributed by atoms with E-state index >= 15 is 0 Å². The average Bonchev–Trinajstić information content (AvgIpc) is 2.87. The van der Waals surface area contributed by atoms with E-state index in [2.05, 4.69) is 5.32 Å². The van der Waals surface area contributed by atoms with Gasteiger partial charge in [-0.25, -0.2) is 4.79 Å². The van der Waals surface area contributed by atoms with Crippen LogP contribution in [-0.2, 0) is 4.79 Å². The zero-order valence-electron chi connectivity index (χ0n) is 12.1. The third-order valence-corrected chi connectivity index (χ3v) is 4.58. The van der Waals surface area contributed by atoms with Crippen molar-refractivity contribution < 1.29 is 14.7 Å². The first kappa shape index (κ1) is 15.1. The Bertz CT molecular complexity index is 340. The van der Waals surface area contributed by atoms with Gasteiger partial charge in [0.05, 0.1) is 6.42 Å². The minimum absolute atomic E-state index is 0.00707. The fraction of sp³-hybridized carbons (Fsp3) is 0.867. The van der Waals surface area contributed by atoms with Crippen molar-refractivity contribution >= 4 is 12.0 Å². The maximum Gasteiger partial charge on any atom is 0.317 e. The van der Waals surface area contributed by atoms with Crippen molar-refractivity contribution in [3.63, 3.8) is 0 Å². The summed E-state index contributed by atoms with van der Waals surface area (Å²) < 4.78 is 0. The maximum atomic E-state index is 12.1. The Hall–Kier alpha value is -1.26. The van der Waals surface area contributed by atoms with Gasteiger partial charge in [-0.1, -0.05) is 32.1 Å². The Balaban J connectivity index is 1.77. The largest absolute Gasteiger partial charge is 0.481 e. The molecule has 2 fully saturated rings. The molecule has 1 aliphatic heterocycles. The van der Waals surface area contributed by atoms with Gasteiger partial charge in [0.25, 0.3) is 0 Å². The van der Waals surface area contributed by atoms with Crippen LogP contribution in [0.3, 0.4) is 0 Å². The van der Waals surface area contributed by atoms with Crippen molar-refractivity contribution in [2.24, 2.45) is 5.92 Å². The van der Waals surface area contributed by atoms with E-state index in [1.54, 1.807) is 0 Å². The predicted octanol–water partition coefficient (Wildman–Crippen LogP) is 2.61. The molecule has 0 bridgehead atoms. The Labute approximate surface area is 120 Å². The van der Waals surface area contributed by atoms with Crippen LogP contribution in [0.1, 0.15) is 57.8 Å². The SMILES string of the molecule is O=C(O)CCNC(=O)N1CCCC1CC1CCCCC1. The fourth-order valence-corrected chi connectivity index (χ4v) is 3.53. The van der Waals surface area contributed by atoms with Gasteiger partial charge < -0.3 is 15.3 Å². The van der Waals surface area contributed by atoms with E-state index in [-0.39, 0.29) is 19.0 Å². The van der Waals surface area contributed by atoms with Crippen molar-refractivity contribution in [2.75, 3.05) is 13.1 Å². The monoisotopic (exact) mass is 282 g/mol. The third kappa shape index (κ3) is 4.39. The van der Waals surface area contributed by atoms with Crippen LogP contribution in [0.15, 0.2) is 0 Å². The number of nitrogens with zero attached hydrogens (tertiary/aromatic N) is 1. The summed E-state index contributed by atoms with van der Waals surface area (Å²) in [5, 5.41) is 11.3. The molecular weight excluding hydrogens is 256 g/mol. The molecule has 1 saturated carbocycles. The standard InChI is InChI=1S/C15H26N2O3/c18-14(19)8-9-16-15(20)17-10-4-7-13(17)11-12-5-2-1-3-6-12/h12-13H,1-11H2,(H,16,20)(H,18,19). The van der Waals surface area contributed by atoms with Crippen molar-refractivity contribution in [3.8, 4) is 0 Å². The summed E-state index contributed by atoms with van der Waals surface area (Å²) in [7, 11) is 0. The lowest BCUT2D eigenvalue weighted by atomic mass is 9.84. The smallest absolute Gasteiger partial charge is 0.317 e. The Morgan fingerprint density at radius 2 is 1.85 bits per heavy atom. The number of carbonyl (C=O) groups is 2. The van der Waals surface area contributed by atoms with Crippen molar-refractivity contribution in [3.05, 3.63) is 0 Å². The molecule has 2 aliphatic rings. The Morgan fingerprint density at radius 1 is 1.10 bits per heavy atom. The van der Waals surface area contributed by atoms with Crippen molar-refractivity contribution in [2.45, 2.75) is 63.8 Å². The highest BCUT2D eigenvalue weighted by molar-refractivity contribution is 5.75. The van der Waals surface area contributed by atoms with Gasteiger partial charge in [-0.15, -0.1) is 0 Å². The van der Waals surface area contributed by atoms with E-state index in [0.717, 1.165) is 31.7 Å². The maximum absolute atomic E-state index is 12.1. The van der Waals surface area contributed by atoms with Gasteiger partial charge in [0.1, 0.15) is 0 Å². The van der Waals surface area contributed by atoms with Gasteiger partial charge in [-0.2, -0.15) is 0 Å². The van der Waals surface area contributed by atoms with Crippen LogP contribution in [0.2, 0.25) is 0 Å². The molecule has 0 spiro atoms. The number of aliphatic carboxylic acids is 1. The van der Waals surface area contributed by atoms with E-state index in [0.29, 0.717) is 6.04 Å². The Kier molecular flexibility index (Phi) is 5.68. The first-order valence-corrected chi connectivity index (χ1v) is 7.93.